The molecule has 1 amide bonds. The molecule has 2 atom stereocenters. The van der Waals surface area contributed by atoms with E-state index >= 15 is 0 Å². The fourth-order valence-corrected chi connectivity index (χ4v) is 4.45. The first-order valence-electron chi connectivity index (χ1n) is 9.83. The van der Waals surface area contributed by atoms with Crippen LogP contribution >= 0.6 is 0 Å². The number of halogens is 1. The molecule has 7 nitrogen and oxygen atoms in total. The molecule has 1 saturated carbocycles. The predicted octanol–water partition coefficient (Wildman–Crippen LogP) is 3.74. The van der Waals surface area contributed by atoms with Crippen molar-refractivity contribution in [2.75, 3.05) is 20.2 Å². The van der Waals surface area contributed by atoms with Gasteiger partial charge < -0.3 is 9.64 Å². The number of aromatic nitrogens is 1. The first-order chi connectivity index (χ1) is 14.4. The molecular formula is C22H22FN3O4. The van der Waals surface area contributed by atoms with E-state index in [1.54, 1.807) is 30.4 Å². The molecule has 2 fully saturated rings. The van der Waals surface area contributed by atoms with Crippen molar-refractivity contribution in [2.45, 2.75) is 19.3 Å². The number of nitrogens with zero attached hydrogens (tertiary/aromatic N) is 3. The van der Waals surface area contributed by atoms with E-state index in [2.05, 4.69) is 4.98 Å². The summed E-state index contributed by atoms with van der Waals surface area (Å²) in [4.78, 5) is 30.0. The quantitative estimate of drug-likeness (QED) is 0.425. The number of methoxy groups -OCH3 is 1. The van der Waals surface area contributed by atoms with E-state index in [4.69, 9.17) is 4.74 Å². The molecule has 2 aromatic rings. The van der Waals surface area contributed by atoms with Gasteiger partial charge in [-0.2, -0.15) is 0 Å². The molecule has 4 rings (SSSR count). The van der Waals surface area contributed by atoms with E-state index in [9.17, 15) is 19.3 Å². The Morgan fingerprint density at radius 3 is 2.50 bits per heavy atom. The highest BCUT2D eigenvalue weighted by Crippen LogP contribution is 2.41. The Hall–Kier alpha value is -3.29. The summed E-state index contributed by atoms with van der Waals surface area (Å²) in [6, 6.07) is 8.60. The molecule has 1 aliphatic carbocycles. The number of hydrogen-bond acceptors (Lipinski definition) is 5. The molecule has 2 heterocycles. The van der Waals surface area contributed by atoms with Gasteiger partial charge in [-0.3, -0.25) is 14.9 Å². The Morgan fingerprint density at radius 2 is 1.90 bits per heavy atom. The second-order valence-corrected chi connectivity index (χ2v) is 7.84. The largest absolute Gasteiger partial charge is 0.504 e. The van der Waals surface area contributed by atoms with E-state index in [0.717, 1.165) is 12.8 Å². The fourth-order valence-electron chi connectivity index (χ4n) is 4.45. The van der Waals surface area contributed by atoms with Crippen LogP contribution in [0, 0.1) is 27.8 Å². The summed E-state index contributed by atoms with van der Waals surface area (Å²) in [5.74, 6) is 0.278. The van der Waals surface area contributed by atoms with Crippen LogP contribution in [0.5, 0.6) is 0 Å². The van der Waals surface area contributed by atoms with Crippen LogP contribution < -0.4 is 0 Å². The summed E-state index contributed by atoms with van der Waals surface area (Å²) in [5, 5.41) is 11.4. The number of amides is 1. The number of ether oxygens (including phenoxy) is 1. The van der Waals surface area contributed by atoms with Gasteiger partial charge in [-0.05, 0) is 60.6 Å². The van der Waals surface area contributed by atoms with Crippen LogP contribution in [0.1, 0.15) is 18.5 Å². The van der Waals surface area contributed by atoms with Gasteiger partial charge in [0.1, 0.15) is 11.5 Å². The third kappa shape index (κ3) is 4.03. The van der Waals surface area contributed by atoms with Crippen LogP contribution in [0.3, 0.4) is 0 Å². The molecule has 156 valence electrons. The highest BCUT2D eigenvalue weighted by atomic mass is 19.1. The van der Waals surface area contributed by atoms with E-state index in [-0.39, 0.29) is 29.5 Å². The van der Waals surface area contributed by atoms with Crippen LogP contribution in [0.25, 0.3) is 11.3 Å². The highest BCUT2D eigenvalue weighted by Gasteiger charge is 2.40. The number of carbonyl (C=O) groups excluding carboxylic acids is 1. The first kappa shape index (κ1) is 20.0. The molecule has 0 bridgehead atoms. The summed E-state index contributed by atoms with van der Waals surface area (Å²) in [6.45, 7) is 1.30. The SMILES string of the molecule is COC=C1CC2CN(C(=O)Cc3nc(-c4ccc(F)cc4)ccc3[N+](=O)[O-])CC2C1. The second kappa shape index (κ2) is 8.22. The zero-order chi connectivity index (χ0) is 21.3. The molecule has 2 unspecified atom stereocenters. The van der Waals surface area contributed by atoms with Crippen molar-refractivity contribution < 1.29 is 18.8 Å². The van der Waals surface area contributed by atoms with Gasteiger partial charge in [0.25, 0.3) is 5.69 Å². The maximum Gasteiger partial charge on any atom is 0.291 e. The number of pyridine rings is 1. The van der Waals surface area contributed by atoms with E-state index in [0.29, 0.717) is 36.2 Å². The Labute approximate surface area is 173 Å². The Balaban J connectivity index is 1.51. The lowest BCUT2D eigenvalue weighted by Gasteiger charge is -2.17. The third-order valence-electron chi connectivity index (χ3n) is 5.87. The van der Waals surface area contributed by atoms with Crippen molar-refractivity contribution in [3.63, 3.8) is 0 Å². The zero-order valence-corrected chi connectivity index (χ0v) is 16.6. The maximum atomic E-state index is 13.2. The summed E-state index contributed by atoms with van der Waals surface area (Å²) >= 11 is 0. The van der Waals surface area contributed by atoms with Crippen molar-refractivity contribution in [1.82, 2.24) is 9.88 Å². The van der Waals surface area contributed by atoms with Crippen molar-refractivity contribution >= 4 is 11.6 Å². The molecule has 8 heteroatoms. The second-order valence-electron chi connectivity index (χ2n) is 7.84. The van der Waals surface area contributed by atoms with Crippen LogP contribution in [-0.4, -0.2) is 40.9 Å². The number of hydrogen-bond donors (Lipinski definition) is 0. The minimum atomic E-state index is -0.523. The molecule has 1 aliphatic heterocycles. The van der Waals surface area contributed by atoms with E-state index < -0.39 is 4.92 Å². The predicted molar refractivity (Wildman–Crippen MR) is 108 cm³/mol. The molecule has 1 saturated heterocycles. The number of benzene rings is 1. The van der Waals surface area contributed by atoms with Crippen molar-refractivity contribution in [3.8, 4) is 11.3 Å². The van der Waals surface area contributed by atoms with Crippen LogP contribution in [0.2, 0.25) is 0 Å². The first-order valence-corrected chi connectivity index (χ1v) is 9.83. The number of carbonyl (C=O) groups is 1. The van der Waals surface area contributed by atoms with E-state index in [1.165, 1.54) is 29.8 Å². The summed E-state index contributed by atoms with van der Waals surface area (Å²) < 4.78 is 18.3. The number of likely N-dealkylation sites (tertiary alicyclic amines) is 1. The Morgan fingerprint density at radius 1 is 1.23 bits per heavy atom. The minimum absolute atomic E-state index is 0.129. The van der Waals surface area contributed by atoms with E-state index in [1.807, 2.05) is 0 Å². The zero-order valence-electron chi connectivity index (χ0n) is 16.6. The monoisotopic (exact) mass is 411 g/mol. The fraction of sp³-hybridized carbons (Fsp3) is 0.364. The molecule has 0 N–H and O–H groups in total. The number of fused-ring (bicyclic) bond motifs is 1. The lowest BCUT2D eigenvalue weighted by molar-refractivity contribution is -0.385. The number of allylic oxidation sites excluding steroid dienone is 1. The van der Waals surface area contributed by atoms with Gasteiger partial charge in [0.15, 0.2) is 0 Å². The minimum Gasteiger partial charge on any atom is -0.504 e. The van der Waals surface area contributed by atoms with Gasteiger partial charge in [-0.15, -0.1) is 0 Å². The molecule has 1 aromatic carbocycles. The van der Waals surface area contributed by atoms with Crippen LogP contribution in [0.4, 0.5) is 10.1 Å². The molecule has 0 spiro atoms. The highest BCUT2D eigenvalue weighted by molar-refractivity contribution is 5.80. The third-order valence-corrected chi connectivity index (χ3v) is 5.87. The average Bonchev–Trinajstić information content (AvgIpc) is 3.27. The number of rotatable bonds is 5. The van der Waals surface area contributed by atoms with Gasteiger partial charge in [0.05, 0.1) is 30.4 Å². The normalized spacial score (nSPS) is 20.2. The molecule has 2 aliphatic rings. The molecule has 0 radical (unpaired) electrons. The maximum absolute atomic E-state index is 13.2. The van der Waals surface area contributed by atoms with Gasteiger partial charge >= 0.3 is 0 Å². The molecule has 30 heavy (non-hydrogen) atoms. The topological polar surface area (TPSA) is 85.6 Å². The lowest BCUT2D eigenvalue weighted by atomic mass is 10.0. The standard InChI is InChI=1S/C22H22FN3O4/c1-30-13-14-8-16-11-25(12-17(16)9-14)22(27)10-20-21(26(28)29)7-6-19(24-20)15-2-4-18(23)5-3-15/h2-7,13,16-17H,8-12H2,1H3. The summed E-state index contributed by atoms with van der Waals surface area (Å²) in [5.41, 5.74) is 2.32. The molecular weight excluding hydrogens is 389 g/mol. The van der Waals surface area contributed by atoms with Crippen LogP contribution in [-0.2, 0) is 16.0 Å². The van der Waals surface area contributed by atoms with Gasteiger partial charge in [-0.1, -0.05) is 0 Å². The van der Waals surface area contributed by atoms with Crippen molar-refractivity contribution in [2.24, 2.45) is 11.8 Å². The summed E-state index contributed by atoms with van der Waals surface area (Å²) in [7, 11) is 1.64. The van der Waals surface area contributed by atoms with Crippen LogP contribution in [0.15, 0.2) is 48.2 Å². The summed E-state index contributed by atoms with van der Waals surface area (Å²) in [6.07, 6.45) is 3.49. The Bertz CT molecular complexity index is 990. The van der Waals surface area contributed by atoms with Gasteiger partial charge in [0, 0.05) is 24.7 Å². The van der Waals surface area contributed by atoms with Crippen molar-refractivity contribution in [1.29, 1.82) is 0 Å². The Kier molecular flexibility index (Phi) is 5.48. The van der Waals surface area contributed by atoms with Gasteiger partial charge in [0.2, 0.25) is 5.91 Å². The van der Waals surface area contributed by atoms with Crippen molar-refractivity contribution in [3.05, 3.63) is 69.9 Å². The smallest absolute Gasteiger partial charge is 0.291 e. The molecule has 1 aromatic heterocycles. The lowest BCUT2D eigenvalue weighted by Crippen LogP contribution is -2.31. The van der Waals surface area contributed by atoms with Gasteiger partial charge in [-0.25, -0.2) is 9.37 Å². The average molecular weight is 411 g/mol. The number of nitro groups is 1.